The van der Waals surface area contributed by atoms with Gasteiger partial charge in [-0.05, 0) is 60.4 Å². The summed E-state index contributed by atoms with van der Waals surface area (Å²) in [6.45, 7) is 0.445. The Hall–Kier alpha value is -4.14. The molecule has 2 bridgehead atoms. The summed E-state index contributed by atoms with van der Waals surface area (Å²) in [7, 11) is 0. The molecule has 2 aliphatic carbocycles. The second-order valence-electron chi connectivity index (χ2n) is 10.5. The molecule has 3 aromatic carbocycles. The van der Waals surface area contributed by atoms with Crippen molar-refractivity contribution in [1.29, 1.82) is 0 Å². The lowest BCUT2D eigenvalue weighted by atomic mass is 9.71. The maximum atomic E-state index is 13.5. The number of oxime groups is 1. The molecule has 198 valence electrons. The number of alkyl halides is 3. The van der Waals surface area contributed by atoms with Crippen LogP contribution in [0, 0.1) is 29.6 Å². The third-order valence-electron chi connectivity index (χ3n) is 8.52. The molecule has 6 nitrogen and oxygen atoms in total. The van der Waals surface area contributed by atoms with E-state index in [9.17, 15) is 22.8 Å². The maximum Gasteiger partial charge on any atom is 0.416 e. The van der Waals surface area contributed by atoms with Crippen LogP contribution in [0.5, 0.6) is 5.75 Å². The smallest absolute Gasteiger partial charge is 0.416 e. The van der Waals surface area contributed by atoms with Gasteiger partial charge >= 0.3 is 6.18 Å². The zero-order valence-electron chi connectivity index (χ0n) is 20.5. The number of imide groups is 1. The average molecular weight is 533 g/mol. The number of rotatable bonds is 5. The number of halogens is 3. The molecule has 2 aliphatic heterocycles. The van der Waals surface area contributed by atoms with Gasteiger partial charge in [-0.1, -0.05) is 41.6 Å². The van der Waals surface area contributed by atoms with Crippen LogP contribution in [-0.2, 0) is 27.2 Å². The number of benzene rings is 3. The molecule has 0 spiro atoms. The van der Waals surface area contributed by atoms with Crippen LogP contribution >= 0.6 is 0 Å². The molecule has 4 aliphatic rings. The van der Waals surface area contributed by atoms with Crippen molar-refractivity contribution in [2.75, 3.05) is 4.90 Å². The van der Waals surface area contributed by atoms with Crippen molar-refractivity contribution in [2.45, 2.75) is 25.3 Å². The maximum absolute atomic E-state index is 13.5. The average Bonchev–Trinajstić information content (AvgIpc) is 3.68. The van der Waals surface area contributed by atoms with E-state index in [2.05, 4.69) is 5.16 Å². The third-order valence-corrected chi connectivity index (χ3v) is 8.52. The van der Waals surface area contributed by atoms with Crippen LogP contribution in [0.4, 0.5) is 18.9 Å². The molecule has 39 heavy (non-hydrogen) atoms. The number of amides is 2. The third kappa shape index (κ3) is 3.74. The van der Waals surface area contributed by atoms with E-state index in [1.807, 2.05) is 54.6 Å². The van der Waals surface area contributed by atoms with Crippen molar-refractivity contribution in [3.8, 4) is 5.75 Å². The van der Waals surface area contributed by atoms with E-state index in [1.54, 1.807) is 0 Å². The van der Waals surface area contributed by atoms with Gasteiger partial charge in [0.15, 0.2) is 0 Å². The highest BCUT2D eigenvalue weighted by Crippen LogP contribution is 2.62. The van der Waals surface area contributed by atoms with Crippen molar-refractivity contribution in [1.82, 2.24) is 0 Å². The molecule has 2 amide bonds. The molecule has 6 atom stereocenters. The van der Waals surface area contributed by atoms with Crippen molar-refractivity contribution >= 4 is 23.2 Å². The summed E-state index contributed by atoms with van der Waals surface area (Å²) in [5.41, 5.74) is 1.71. The fourth-order valence-electron chi connectivity index (χ4n) is 6.90. The number of ether oxygens (including phenoxy) is 1. The van der Waals surface area contributed by atoms with Gasteiger partial charge in [-0.15, -0.1) is 0 Å². The summed E-state index contributed by atoms with van der Waals surface area (Å²) in [5, 5.41) is 4.36. The molecule has 3 fully saturated rings. The molecule has 2 saturated carbocycles. The van der Waals surface area contributed by atoms with Crippen molar-refractivity contribution in [3.05, 3.63) is 95.6 Å². The van der Waals surface area contributed by atoms with Gasteiger partial charge in [-0.2, -0.15) is 13.2 Å². The van der Waals surface area contributed by atoms with Gasteiger partial charge in [0.25, 0.3) is 0 Å². The normalized spacial score (nSPS) is 28.8. The summed E-state index contributed by atoms with van der Waals surface area (Å²) in [4.78, 5) is 33.7. The standard InChI is InChI=1S/C30H23F3N2O4/c31-30(32,33)18-7-4-8-19(13-18)35-28(36)23-21-14-22(24(23)29(35)37)27-25(21)26(34-39-27)17-9-11-20(12-10-17)38-15-16-5-2-1-3-6-16/h1-13,21-25,27H,14-15H2/t21-,22+,23-,24+,25-,27-/m1/s1. The molecule has 1 saturated heterocycles. The monoisotopic (exact) mass is 532 g/mol. The number of nitrogens with zero attached hydrogens (tertiary/aromatic N) is 2. The highest BCUT2D eigenvalue weighted by molar-refractivity contribution is 6.23. The Morgan fingerprint density at radius 3 is 2.31 bits per heavy atom. The number of hydrogen-bond donors (Lipinski definition) is 0. The van der Waals surface area contributed by atoms with Crippen LogP contribution in [0.2, 0.25) is 0 Å². The Morgan fingerprint density at radius 2 is 1.59 bits per heavy atom. The zero-order chi connectivity index (χ0) is 26.9. The predicted molar refractivity (Wildman–Crippen MR) is 135 cm³/mol. The van der Waals surface area contributed by atoms with Gasteiger partial charge in [0.05, 0.1) is 28.8 Å². The largest absolute Gasteiger partial charge is 0.489 e. The Bertz CT molecular complexity index is 1490. The van der Waals surface area contributed by atoms with E-state index in [0.717, 1.165) is 33.9 Å². The van der Waals surface area contributed by atoms with Gasteiger partial charge in [0, 0.05) is 17.4 Å². The van der Waals surface area contributed by atoms with Gasteiger partial charge in [-0.25, -0.2) is 0 Å². The van der Waals surface area contributed by atoms with Gasteiger partial charge in [-0.3, -0.25) is 14.5 Å². The molecular weight excluding hydrogens is 509 g/mol. The van der Waals surface area contributed by atoms with Crippen molar-refractivity contribution < 1.29 is 32.3 Å². The van der Waals surface area contributed by atoms with E-state index in [4.69, 9.17) is 9.57 Å². The second-order valence-corrected chi connectivity index (χ2v) is 10.5. The molecule has 7 rings (SSSR count). The minimum Gasteiger partial charge on any atom is -0.489 e. The quantitative estimate of drug-likeness (QED) is 0.410. The fourth-order valence-corrected chi connectivity index (χ4v) is 6.90. The number of carbonyl (C=O) groups is 2. The topological polar surface area (TPSA) is 68.2 Å². The van der Waals surface area contributed by atoms with Crippen LogP contribution < -0.4 is 9.64 Å². The van der Waals surface area contributed by atoms with E-state index < -0.39 is 35.4 Å². The molecule has 0 unspecified atom stereocenters. The molecular formula is C30H23F3N2O4. The summed E-state index contributed by atoms with van der Waals surface area (Å²) < 4.78 is 45.8. The summed E-state index contributed by atoms with van der Waals surface area (Å²) in [6, 6.07) is 21.8. The zero-order valence-corrected chi connectivity index (χ0v) is 20.5. The number of fused-ring (bicyclic) bond motifs is 8. The predicted octanol–water partition coefficient (Wildman–Crippen LogP) is 5.46. The van der Waals surface area contributed by atoms with Gasteiger partial charge in [0.2, 0.25) is 11.8 Å². The Morgan fingerprint density at radius 1 is 0.872 bits per heavy atom. The van der Waals surface area contributed by atoms with E-state index in [0.29, 0.717) is 18.8 Å². The molecule has 9 heteroatoms. The lowest BCUT2D eigenvalue weighted by molar-refractivity contribution is -0.137. The van der Waals surface area contributed by atoms with Crippen LogP contribution in [-0.4, -0.2) is 23.6 Å². The van der Waals surface area contributed by atoms with Crippen LogP contribution in [0.1, 0.15) is 23.1 Å². The first-order valence-corrected chi connectivity index (χ1v) is 12.9. The first kappa shape index (κ1) is 23.9. The lowest BCUT2D eigenvalue weighted by Gasteiger charge is -2.29. The van der Waals surface area contributed by atoms with Crippen molar-refractivity contribution in [2.24, 2.45) is 34.7 Å². The van der Waals surface area contributed by atoms with Crippen LogP contribution in [0.15, 0.2) is 84.0 Å². The molecule has 3 aromatic rings. The summed E-state index contributed by atoms with van der Waals surface area (Å²) >= 11 is 0. The molecule has 2 heterocycles. The van der Waals surface area contributed by atoms with Crippen molar-refractivity contribution in [3.63, 3.8) is 0 Å². The first-order chi connectivity index (χ1) is 18.8. The number of anilines is 1. The molecule has 0 N–H and O–H groups in total. The van der Waals surface area contributed by atoms with E-state index in [1.165, 1.54) is 12.1 Å². The van der Waals surface area contributed by atoms with E-state index >= 15 is 0 Å². The van der Waals surface area contributed by atoms with Crippen LogP contribution in [0.3, 0.4) is 0 Å². The lowest BCUT2D eigenvalue weighted by Crippen LogP contribution is -2.41. The van der Waals surface area contributed by atoms with E-state index in [-0.39, 0.29) is 29.5 Å². The van der Waals surface area contributed by atoms with Gasteiger partial charge < -0.3 is 9.57 Å². The van der Waals surface area contributed by atoms with Gasteiger partial charge in [0.1, 0.15) is 18.5 Å². The minimum atomic E-state index is -4.57. The highest BCUT2D eigenvalue weighted by Gasteiger charge is 2.70. The molecule has 0 radical (unpaired) electrons. The highest BCUT2D eigenvalue weighted by atomic mass is 19.4. The number of carbonyl (C=O) groups excluding carboxylic acids is 2. The summed E-state index contributed by atoms with van der Waals surface area (Å²) in [5.74, 6) is -1.94. The second kappa shape index (κ2) is 8.69. The van der Waals surface area contributed by atoms with Crippen LogP contribution in [0.25, 0.3) is 0 Å². The Labute approximate surface area is 222 Å². The Balaban J connectivity index is 1.11. The molecule has 0 aromatic heterocycles. The Kier molecular flexibility index (Phi) is 5.33. The summed E-state index contributed by atoms with van der Waals surface area (Å²) in [6.07, 6.45) is -4.26. The SMILES string of the molecule is O=C1[C@@H]2[C@H]3C[C@H]([C@H]4ON=C(c5ccc(OCc6ccccc6)cc5)[C@@H]34)[C@@H]2C(=O)N1c1cccc(C(F)(F)F)c1. The number of hydrogen-bond acceptors (Lipinski definition) is 5. The fraction of sp³-hybridized carbons (Fsp3) is 0.300. The first-order valence-electron chi connectivity index (χ1n) is 12.9. The minimum absolute atomic E-state index is 0.0420.